The Morgan fingerprint density at radius 3 is 2.65 bits per heavy atom. The van der Waals surface area contributed by atoms with Gasteiger partial charge in [-0.2, -0.15) is 8.78 Å². The lowest BCUT2D eigenvalue weighted by molar-refractivity contribution is -0.140. The van der Waals surface area contributed by atoms with Crippen molar-refractivity contribution in [3.63, 3.8) is 0 Å². The smallest absolute Gasteiger partial charge is 0.387 e. The first-order valence-corrected chi connectivity index (χ1v) is 12.4. The van der Waals surface area contributed by atoms with Gasteiger partial charge in [0.05, 0.1) is 6.61 Å². The molecule has 1 saturated heterocycles. The fraction of sp³-hybridized carbons (Fsp3) is 0.500. The number of likely N-dealkylation sites (N-methyl/N-ethyl adjacent to an activating group) is 1. The standard InChI is InChI=1S/C26H32F2N4O5/c1-4-30(2)24(33)19-6-5-7-23(29-19)37-25(34)20-15-32(13-12-31(20)3)18-10-11-21(36-26(27)28)22(14-18)35-16-17-8-9-17/h5-7,10-11,14,17,20,26H,4,8-9,12-13,15-16H2,1-3H3. The van der Waals surface area contributed by atoms with Crippen LogP contribution in [-0.4, -0.2) is 86.2 Å². The summed E-state index contributed by atoms with van der Waals surface area (Å²) >= 11 is 0. The van der Waals surface area contributed by atoms with Gasteiger partial charge in [-0.3, -0.25) is 9.69 Å². The number of alkyl halides is 2. The zero-order valence-corrected chi connectivity index (χ0v) is 21.2. The van der Waals surface area contributed by atoms with E-state index in [-0.39, 0.29) is 29.0 Å². The molecular formula is C26H32F2N4O5. The summed E-state index contributed by atoms with van der Waals surface area (Å²) in [7, 11) is 3.50. The van der Waals surface area contributed by atoms with Gasteiger partial charge in [0.25, 0.3) is 5.91 Å². The number of aromatic nitrogens is 1. The maximum Gasteiger partial charge on any atom is 0.387 e. The molecule has 37 heavy (non-hydrogen) atoms. The number of halogens is 2. The fourth-order valence-electron chi connectivity index (χ4n) is 3.96. The van der Waals surface area contributed by atoms with Crippen LogP contribution in [0, 0.1) is 5.92 Å². The van der Waals surface area contributed by atoms with Gasteiger partial charge >= 0.3 is 12.6 Å². The van der Waals surface area contributed by atoms with Crippen LogP contribution in [0.2, 0.25) is 0 Å². The van der Waals surface area contributed by atoms with Gasteiger partial charge in [0.2, 0.25) is 5.88 Å². The van der Waals surface area contributed by atoms with Crippen molar-refractivity contribution in [1.82, 2.24) is 14.8 Å². The second kappa shape index (κ2) is 11.7. The average molecular weight is 519 g/mol. The van der Waals surface area contributed by atoms with Gasteiger partial charge < -0.3 is 24.0 Å². The Kier molecular flexibility index (Phi) is 8.42. The molecule has 0 bridgehead atoms. The van der Waals surface area contributed by atoms with Crippen LogP contribution in [0.1, 0.15) is 30.3 Å². The molecule has 1 aliphatic heterocycles. The van der Waals surface area contributed by atoms with E-state index in [0.717, 1.165) is 18.5 Å². The molecule has 0 spiro atoms. The molecule has 1 unspecified atom stereocenters. The predicted molar refractivity (Wildman–Crippen MR) is 132 cm³/mol. The van der Waals surface area contributed by atoms with Gasteiger partial charge in [-0.05, 0) is 50.9 Å². The Labute approximate surface area is 214 Å². The number of hydrogen-bond donors (Lipinski definition) is 0. The molecule has 2 aliphatic rings. The number of ether oxygens (including phenoxy) is 3. The van der Waals surface area contributed by atoms with Crippen LogP contribution < -0.4 is 19.1 Å². The van der Waals surface area contributed by atoms with Crippen molar-refractivity contribution in [1.29, 1.82) is 0 Å². The van der Waals surface area contributed by atoms with Gasteiger partial charge in [-0.25, -0.2) is 9.78 Å². The van der Waals surface area contributed by atoms with Crippen LogP contribution in [0.15, 0.2) is 36.4 Å². The normalized spacial score (nSPS) is 18.0. The number of anilines is 1. The minimum Gasteiger partial charge on any atom is -0.489 e. The van der Waals surface area contributed by atoms with E-state index >= 15 is 0 Å². The van der Waals surface area contributed by atoms with Crippen molar-refractivity contribution in [2.24, 2.45) is 5.92 Å². The van der Waals surface area contributed by atoms with Crippen molar-refractivity contribution < 1.29 is 32.6 Å². The van der Waals surface area contributed by atoms with E-state index in [9.17, 15) is 18.4 Å². The Bertz CT molecular complexity index is 1110. The molecule has 2 aromatic rings. The third kappa shape index (κ3) is 6.85. The number of esters is 1. The monoisotopic (exact) mass is 518 g/mol. The first-order chi connectivity index (χ1) is 17.7. The molecule has 11 heteroatoms. The number of hydrogen-bond acceptors (Lipinski definition) is 8. The highest BCUT2D eigenvalue weighted by atomic mass is 19.3. The maximum atomic E-state index is 13.1. The third-order valence-electron chi connectivity index (χ3n) is 6.57. The Morgan fingerprint density at radius 1 is 1.16 bits per heavy atom. The van der Waals surface area contributed by atoms with Gasteiger partial charge in [0.15, 0.2) is 11.5 Å². The Balaban J connectivity index is 1.46. The minimum absolute atomic E-state index is 0.0151. The van der Waals surface area contributed by atoms with Crippen molar-refractivity contribution >= 4 is 17.6 Å². The van der Waals surface area contributed by atoms with Gasteiger partial charge in [0.1, 0.15) is 11.7 Å². The largest absolute Gasteiger partial charge is 0.489 e. The van der Waals surface area contributed by atoms with E-state index in [0.29, 0.717) is 38.7 Å². The molecule has 0 radical (unpaired) electrons. The lowest BCUT2D eigenvalue weighted by Crippen LogP contribution is -2.56. The van der Waals surface area contributed by atoms with Gasteiger partial charge in [-0.15, -0.1) is 0 Å². The summed E-state index contributed by atoms with van der Waals surface area (Å²) in [5, 5.41) is 0. The summed E-state index contributed by atoms with van der Waals surface area (Å²) < 4.78 is 41.8. The van der Waals surface area contributed by atoms with E-state index in [1.54, 1.807) is 31.3 Å². The topological polar surface area (TPSA) is 84.4 Å². The molecule has 2 heterocycles. The highest BCUT2D eigenvalue weighted by Crippen LogP contribution is 2.36. The summed E-state index contributed by atoms with van der Waals surface area (Å²) in [5.41, 5.74) is 0.921. The van der Waals surface area contributed by atoms with Crippen molar-refractivity contribution in [3.05, 3.63) is 42.1 Å². The number of nitrogens with zero attached hydrogens (tertiary/aromatic N) is 4. The van der Waals surface area contributed by atoms with Crippen LogP contribution in [0.25, 0.3) is 0 Å². The lowest BCUT2D eigenvalue weighted by Gasteiger charge is -2.39. The van der Waals surface area contributed by atoms with E-state index in [2.05, 4.69) is 9.72 Å². The maximum absolute atomic E-state index is 13.1. The quantitative estimate of drug-likeness (QED) is 0.443. The molecule has 1 aromatic heterocycles. The summed E-state index contributed by atoms with van der Waals surface area (Å²) in [4.78, 5) is 35.1. The van der Waals surface area contributed by atoms with E-state index in [1.165, 1.54) is 17.0 Å². The van der Waals surface area contributed by atoms with Crippen LogP contribution in [-0.2, 0) is 4.79 Å². The number of rotatable bonds is 10. The molecule has 2 fully saturated rings. The zero-order chi connectivity index (χ0) is 26.5. The first-order valence-electron chi connectivity index (χ1n) is 12.4. The zero-order valence-electron chi connectivity index (χ0n) is 21.2. The molecule has 1 atom stereocenters. The average Bonchev–Trinajstić information content (AvgIpc) is 3.72. The molecule has 200 valence electrons. The van der Waals surface area contributed by atoms with Crippen LogP contribution >= 0.6 is 0 Å². The molecule has 4 rings (SSSR count). The lowest BCUT2D eigenvalue weighted by atomic mass is 10.1. The summed E-state index contributed by atoms with van der Waals surface area (Å²) in [6.45, 7) is 1.36. The number of amides is 1. The van der Waals surface area contributed by atoms with E-state index in [4.69, 9.17) is 9.47 Å². The molecule has 1 aliphatic carbocycles. The summed E-state index contributed by atoms with van der Waals surface area (Å²) in [6, 6.07) is 8.94. The number of carbonyl (C=O) groups excluding carboxylic acids is 2. The van der Waals surface area contributed by atoms with E-state index < -0.39 is 18.6 Å². The SMILES string of the molecule is CCN(C)C(=O)c1cccc(OC(=O)C2CN(c3ccc(OC(F)F)c(OCC4CC4)c3)CCN2C)n1. The fourth-order valence-corrected chi connectivity index (χ4v) is 3.96. The van der Waals surface area contributed by atoms with Crippen LogP contribution in [0.3, 0.4) is 0 Å². The van der Waals surface area contributed by atoms with Crippen LogP contribution in [0.5, 0.6) is 17.4 Å². The van der Waals surface area contributed by atoms with Crippen molar-refractivity contribution in [2.75, 3.05) is 51.8 Å². The molecule has 0 N–H and O–H groups in total. The summed E-state index contributed by atoms with van der Waals surface area (Å²) in [5.74, 6) is -0.0358. The first kappa shape index (κ1) is 26.6. The Hall–Kier alpha value is -3.47. The van der Waals surface area contributed by atoms with Crippen molar-refractivity contribution in [3.8, 4) is 17.4 Å². The second-order valence-electron chi connectivity index (χ2n) is 9.31. The van der Waals surface area contributed by atoms with Crippen molar-refractivity contribution in [2.45, 2.75) is 32.4 Å². The molecular weight excluding hydrogens is 486 g/mol. The summed E-state index contributed by atoms with van der Waals surface area (Å²) in [6.07, 6.45) is 2.13. The number of pyridine rings is 1. The number of carbonyl (C=O) groups is 2. The second-order valence-corrected chi connectivity index (χ2v) is 9.31. The molecule has 9 nitrogen and oxygen atoms in total. The predicted octanol–water partition coefficient (Wildman–Crippen LogP) is 3.29. The minimum atomic E-state index is -2.96. The highest BCUT2D eigenvalue weighted by molar-refractivity contribution is 5.92. The highest BCUT2D eigenvalue weighted by Gasteiger charge is 2.33. The molecule has 1 amide bonds. The molecule has 1 saturated carbocycles. The number of benzene rings is 1. The third-order valence-corrected chi connectivity index (χ3v) is 6.57. The van der Waals surface area contributed by atoms with Crippen LogP contribution in [0.4, 0.5) is 14.5 Å². The van der Waals surface area contributed by atoms with Gasteiger partial charge in [-0.1, -0.05) is 6.07 Å². The Morgan fingerprint density at radius 2 is 1.95 bits per heavy atom. The molecule has 1 aromatic carbocycles. The number of piperazine rings is 1. The van der Waals surface area contributed by atoms with Gasteiger partial charge in [0, 0.05) is 51.0 Å². The van der Waals surface area contributed by atoms with E-state index in [1.807, 2.05) is 23.8 Å².